The van der Waals surface area contributed by atoms with Gasteiger partial charge in [-0.25, -0.2) is 21.9 Å². The lowest BCUT2D eigenvalue weighted by molar-refractivity contribution is 0.550. The number of halogens is 2. The molecule has 0 aliphatic rings. The number of nitrogens with two attached hydrogens (primary N) is 1. The summed E-state index contributed by atoms with van der Waals surface area (Å²) in [6, 6.07) is 8.11. The van der Waals surface area contributed by atoms with Crippen molar-refractivity contribution in [2.24, 2.45) is 0 Å². The summed E-state index contributed by atoms with van der Waals surface area (Å²) in [4.78, 5) is -0.545. The molecule has 0 bridgehead atoms. The van der Waals surface area contributed by atoms with Crippen LogP contribution >= 0.6 is 0 Å². The summed E-state index contributed by atoms with van der Waals surface area (Å²) in [5, 5.41) is 0. The lowest BCUT2D eigenvalue weighted by Crippen LogP contribution is -2.25. The molecule has 0 fully saturated rings. The van der Waals surface area contributed by atoms with Crippen LogP contribution in [-0.2, 0) is 16.6 Å². The zero-order valence-electron chi connectivity index (χ0n) is 11.2. The highest BCUT2D eigenvalue weighted by Crippen LogP contribution is 2.21. The third-order valence-corrected chi connectivity index (χ3v) is 4.34. The molecule has 0 saturated carbocycles. The van der Waals surface area contributed by atoms with Crippen molar-refractivity contribution in [1.29, 1.82) is 0 Å². The van der Waals surface area contributed by atoms with E-state index in [1.807, 2.05) is 0 Å². The van der Waals surface area contributed by atoms with E-state index < -0.39 is 26.6 Å². The number of benzene rings is 2. The number of hydrogen-bond acceptors (Lipinski definition) is 3. The van der Waals surface area contributed by atoms with Gasteiger partial charge in [0.15, 0.2) is 0 Å². The van der Waals surface area contributed by atoms with Gasteiger partial charge in [0.25, 0.3) is 0 Å². The van der Waals surface area contributed by atoms with E-state index >= 15 is 0 Å². The van der Waals surface area contributed by atoms with Crippen molar-refractivity contribution in [3.8, 4) is 0 Å². The smallest absolute Gasteiger partial charge is 0.243 e. The second-order valence-corrected chi connectivity index (χ2v) is 6.30. The molecule has 112 valence electrons. The maximum atomic E-state index is 13.9. The molecule has 2 aromatic carbocycles. The second kappa shape index (κ2) is 5.79. The zero-order chi connectivity index (χ0) is 15.6. The number of hydrogen-bond donors (Lipinski definition) is 2. The summed E-state index contributed by atoms with van der Waals surface area (Å²) in [5.74, 6) is -1.41. The van der Waals surface area contributed by atoms with E-state index in [1.165, 1.54) is 31.2 Å². The Bertz CT molecular complexity index is 777. The number of nitrogen functional groups attached to an aromatic ring is 1. The fraction of sp³-hybridized carbons (Fsp3) is 0.143. The first-order valence-corrected chi connectivity index (χ1v) is 7.58. The topological polar surface area (TPSA) is 72.2 Å². The molecule has 0 radical (unpaired) electrons. The van der Waals surface area contributed by atoms with E-state index in [4.69, 9.17) is 5.73 Å². The highest BCUT2D eigenvalue weighted by Gasteiger charge is 2.21. The first kappa shape index (κ1) is 15.4. The SMILES string of the molecule is Cc1cc(N)cc(S(=O)(=O)NCc2ccccc2F)c1F. The fourth-order valence-electron chi connectivity index (χ4n) is 1.85. The van der Waals surface area contributed by atoms with Gasteiger partial charge in [0.1, 0.15) is 16.5 Å². The minimum Gasteiger partial charge on any atom is -0.399 e. The molecule has 2 rings (SSSR count). The molecule has 7 heteroatoms. The van der Waals surface area contributed by atoms with Crippen LogP contribution in [0, 0.1) is 18.6 Å². The summed E-state index contributed by atoms with van der Waals surface area (Å²) in [6.45, 7) is 1.14. The molecule has 2 aromatic rings. The van der Waals surface area contributed by atoms with Gasteiger partial charge in [-0.15, -0.1) is 0 Å². The Morgan fingerprint density at radius 1 is 1.19 bits per heavy atom. The van der Waals surface area contributed by atoms with Gasteiger partial charge in [-0.3, -0.25) is 0 Å². The molecule has 0 aliphatic carbocycles. The highest BCUT2D eigenvalue weighted by molar-refractivity contribution is 7.89. The van der Waals surface area contributed by atoms with Crippen LogP contribution in [0.3, 0.4) is 0 Å². The normalized spacial score (nSPS) is 11.6. The van der Waals surface area contributed by atoms with Crippen LogP contribution in [0.25, 0.3) is 0 Å². The number of anilines is 1. The minimum absolute atomic E-state index is 0.126. The number of nitrogens with one attached hydrogen (secondary N) is 1. The first-order chi connectivity index (χ1) is 9.81. The molecule has 4 nitrogen and oxygen atoms in total. The average Bonchev–Trinajstić information content (AvgIpc) is 2.42. The molecular formula is C14H14F2N2O2S. The summed E-state index contributed by atoms with van der Waals surface area (Å²) in [6.07, 6.45) is 0. The largest absolute Gasteiger partial charge is 0.399 e. The summed E-state index contributed by atoms with van der Waals surface area (Å²) < 4.78 is 53.8. The number of rotatable bonds is 4. The third kappa shape index (κ3) is 3.37. The molecule has 0 atom stereocenters. The van der Waals surface area contributed by atoms with Crippen molar-refractivity contribution in [2.45, 2.75) is 18.4 Å². The first-order valence-electron chi connectivity index (χ1n) is 6.10. The Hall–Kier alpha value is -1.99. The zero-order valence-corrected chi connectivity index (χ0v) is 12.0. The second-order valence-electron chi connectivity index (χ2n) is 4.57. The predicted octanol–water partition coefficient (Wildman–Crippen LogP) is 2.33. The van der Waals surface area contributed by atoms with E-state index in [0.717, 1.165) is 6.07 Å². The minimum atomic E-state index is -4.12. The van der Waals surface area contributed by atoms with Crippen molar-refractivity contribution in [3.63, 3.8) is 0 Å². The summed E-state index contributed by atoms with van der Waals surface area (Å²) in [7, 11) is -4.12. The Balaban J connectivity index is 2.30. The van der Waals surface area contributed by atoms with Crippen LogP contribution in [0.5, 0.6) is 0 Å². The third-order valence-electron chi connectivity index (χ3n) is 2.94. The van der Waals surface area contributed by atoms with E-state index in [-0.39, 0.29) is 23.4 Å². The Morgan fingerprint density at radius 3 is 2.52 bits per heavy atom. The van der Waals surface area contributed by atoms with E-state index in [9.17, 15) is 17.2 Å². The number of aryl methyl sites for hydroxylation is 1. The van der Waals surface area contributed by atoms with Crippen LogP contribution in [0.1, 0.15) is 11.1 Å². The van der Waals surface area contributed by atoms with Gasteiger partial charge in [-0.2, -0.15) is 0 Å². The Morgan fingerprint density at radius 2 is 1.86 bits per heavy atom. The van der Waals surface area contributed by atoms with Gasteiger partial charge >= 0.3 is 0 Å². The molecule has 0 aliphatic heterocycles. The Kier molecular flexibility index (Phi) is 4.24. The van der Waals surface area contributed by atoms with Gasteiger partial charge in [-0.1, -0.05) is 18.2 Å². The van der Waals surface area contributed by atoms with Gasteiger partial charge in [0, 0.05) is 17.8 Å². The van der Waals surface area contributed by atoms with Crippen LogP contribution < -0.4 is 10.5 Å². The molecule has 0 saturated heterocycles. The van der Waals surface area contributed by atoms with E-state index in [2.05, 4.69) is 4.72 Å². The predicted molar refractivity (Wildman–Crippen MR) is 76.0 cm³/mol. The van der Waals surface area contributed by atoms with Crippen LogP contribution in [0.15, 0.2) is 41.3 Å². The summed E-state index contributed by atoms with van der Waals surface area (Å²) in [5.41, 5.74) is 5.97. The van der Waals surface area contributed by atoms with Gasteiger partial charge in [-0.05, 0) is 30.7 Å². The van der Waals surface area contributed by atoms with Crippen molar-refractivity contribution >= 4 is 15.7 Å². The van der Waals surface area contributed by atoms with E-state index in [0.29, 0.717) is 0 Å². The highest BCUT2D eigenvalue weighted by atomic mass is 32.2. The van der Waals surface area contributed by atoms with Crippen molar-refractivity contribution in [1.82, 2.24) is 4.72 Å². The van der Waals surface area contributed by atoms with Crippen LogP contribution in [0.2, 0.25) is 0 Å². The molecule has 0 unspecified atom stereocenters. The van der Waals surface area contributed by atoms with Crippen molar-refractivity contribution in [2.75, 3.05) is 5.73 Å². The van der Waals surface area contributed by atoms with E-state index in [1.54, 1.807) is 6.07 Å². The van der Waals surface area contributed by atoms with Gasteiger partial charge < -0.3 is 5.73 Å². The standard InChI is InChI=1S/C14H14F2N2O2S/c1-9-6-11(17)7-13(14(9)16)21(19,20)18-8-10-4-2-3-5-12(10)15/h2-7,18H,8,17H2,1H3. The molecule has 0 heterocycles. The molecule has 0 aromatic heterocycles. The lowest BCUT2D eigenvalue weighted by Gasteiger charge is -2.10. The van der Waals surface area contributed by atoms with Crippen molar-refractivity contribution in [3.05, 3.63) is 59.2 Å². The molecule has 0 spiro atoms. The fourth-order valence-corrected chi connectivity index (χ4v) is 3.04. The molecule has 0 amide bonds. The van der Waals surface area contributed by atoms with Crippen LogP contribution in [0.4, 0.5) is 14.5 Å². The van der Waals surface area contributed by atoms with Crippen molar-refractivity contribution < 1.29 is 17.2 Å². The quantitative estimate of drug-likeness (QED) is 0.851. The molecule has 21 heavy (non-hydrogen) atoms. The Labute approximate surface area is 121 Å². The molecular weight excluding hydrogens is 298 g/mol. The number of sulfonamides is 1. The van der Waals surface area contributed by atoms with Gasteiger partial charge in [0.2, 0.25) is 10.0 Å². The monoisotopic (exact) mass is 312 g/mol. The maximum Gasteiger partial charge on any atom is 0.243 e. The average molecular weight is 312 g/mol. The van der Waals surface area contributed by atoms with Gasteiger partial charge in [0.05, 0.1) is 0 Å². The molecule has 3 N–H and O–H groups in total. The van der Waals surface area contributed by atoms with Crippen LogP contribution in [-0.4, -0.2) is 8.42 Å². The lowest BCUT2D eigenvalue weighted by atomic mass is 10.2. The maximum absolute atomic E-state index is 13.9. The summed E-state index contributed by atoms with van der Waals surface area (Å²) >= 11 is 0.